The summed E-state index contributed by atoms with van der Waals surface area (Å²) in [5.74, 6) is -12.3. The van der Waals surface area contributed by atoms with Crippen LogP contribution in [0.5, 0.6) is 5.75 Å². The number of hydrogen-bond donors (Lipinski definition) is 0. The fourth-order valence-electron chi connectivity index (χ4n) is 3.47. The van der Waals surface area contributed by atoms with Crippen molar-refractivity contribution >= 4 is 0 Å². The molecule has 0 radical (unpaired) electrons. The van der Waals surface area contributed by atoms with E-state index in [1.165, 1.54) is 19.3 Å². The summed E-state index contributed by atoms with van der Waals surface area (Å²) in [6.07, 6.45) is 8.51. The Labute approximate surface area is 175 Å². The van der Waals surface area contributed by atoms with Gasteiger partial charge in [-0.2, -0.15) is 8.78 Å². The highest BCUT2D eigenvalue weighted by Crippen LogP contribution is 2.32. The number of unbranched alkanes of at least 4 members (excludes halogenated alkanes) is 5. The molecule has 0 aliphatic carbocycles. The largest absolute Gasteiger partial charge is 0.487 e. The molecule has 0 saturated carbocycles. The van der Waals surface area contributed by atoms with Crippen LogP contribution in [0.15, 0.2) is 0 Å². The van der Waals surface area contributed by atoms with Crippen LogP contribution in [0.3, 0.4) is 0 Å². The van der Waals surface area contributed by atoms with Crippen molar-refractivity contribution in [2.45, 2.75) is 77.4 Å². The highest BCUT2D eigenvalue weighted by molar-refractivity contribution is 5.29. The molecule has 1 unspecified atom stereocenters. The lowest BCUT2D eigenvalue weighted by Crippen LogP contribution is -2.39. The van der Waals surface area contributed by atoms with E-state index in [1.807, 2.05) is 6.92 Å². The van der Waals surface area contributed by atoms with Crippen molar-refractivity contribution in [3.63, 3.8) is 0 Å². The van der Waals surface area contributed by atoms with Crippen molar-refractivity contribution in [3.05, 3.63) is 29.1 Å². The van der Waals surface area contributed by atoms with E-state index in [1.54, 1.807) is 14.2 Å². The maximum absolute atomic E-state index is 13.7. The maximum atomic E-state index is 13.7. The van der Waals surface area contributed by atoms with Crippen LogP contribution in [0.1, 0.15) is 71.6 Å². The summed E-state index contributed by atoms with van der Waals surface area (Å²) in [5, 5.41) is 0. The lowest BCUT2D eigenvalue weighted by molar-refractivity contribution is -0.230. The zero-order valence-electron chi connectivity index (χ0n) is 18.3. The average molecular weight is 440 g/mol. The minimum Gasteiger partial charge on any atom is -0.487 e. The summed E-state index contributed by atoms with van der Waals surface area (Å²) >= 11 is 0. The second-order valence-corrected chi connectivity index (χ2v) is 7.57. The van der Waals surface area contributed by atoms with Gasteiger partial charge in [0, 0.05) is 20.1 Å². The standard InChI is InChI=1S/C22H33F5O3/c1-5-6-7-8-9-10-12-15(22(2,28-3)29-4)13-11-14-30-21-19(26)17(24)16(23)18(25)20(21)27/h15H,5-14H2,1-4H3. The Bertz CT molecular complexity index is 621. The van der Waals surface area contributed by atoms with E-state index in [2.05, 4.69) is 6.92 Å². The average Bonchev–Trinajstić information content (AvgIpc) is 2.76. The monoisotopic (exact) mass is 440 g/mol. The van der Waals surface area contributed by atoms with Crippen molar-refractivity contribution in [2.75, 3.05) is 20.8 Å². The van der Waals surface area contributed by atoms with Crippen LogP contribution in [0.25, 0.3) is 0 Å². The lowest BCUT2D eigenvalue weighted by Gasteiger charge is -2.35. The number of halogens is 5. The van der Waals surface area contributed by atoms with Crippen LogP contribution >= 0.6 is 0 Å². The highest BCUT2D eigenvalue weighted by Gasteiger charge is 2.33. The van der Waals surface area contributed by atoms with Crippen LogP contribution < -0.4 is 4.74 Å². The molecule has 1 aromatic carbocycles. The third kappa shape index (κ3) is 7.08. The van der Waals surface area contributed by atoms with Gasteiger partial charge in [-0.15, -0.1) is 0 Å². The van der Waals surface area contributed by atoms with Gasteiger partial charge in [0.05, 0.1) is 6.61 Å². The van der Waals surface area contributed by atoms with Gasteiger partial charge in [-0.05, 0) is 26.2 Å². The normalized spacial score (nSPS) is 13.0. The Morgan fingerprint density at radius 2 is 1.17 bits per heavy atom. The van der Waals surface area contributed by atoms with Gasteiger partial charge in [0.2, 0.25) is 29.1 Å². The summed E-state index contributed by atoms with van der Waals surface area (Å²) < 4.78 is 83.0. The first-order valence-electron chi connectivity index (χ1n) is 10.5. The summed E-state index contributed by atoms with van der Waals surface area (Å²) in [4.78, 5) is 0. The molecule has 3 nitrogen and oxygen atoms in total. The first kappa shape index (κ1) is 26.6. The lowest BCUT2D eigenvalue weighted by atomic mass is 9.88. The van der Waals surface area contributed by atoms with Gasteiger partial charge in [0.1, 0.15) is 0 Å². The molecule has 8 heteroatoms. The second-order valence-electron chi connectivity index (χ2n) is 7.57. The molecule has 0 spiro atoms. The van der Waals surface area contributed by atoms with Crippen LogP contribution in [-0.4, -0.2) is 26.6 Å². The van der Waals surface area contributed by atoms with Gasteiger partial charge in [-0.1, -0.05) is 45.4 Å². The van der Waals surface area contributed by atoms with E-state index >= 15 is 0 Å². The Hall–Kier alpha value is -1.41. The highest BCUT2D eigenvalue weighted by atomic mass is 19.2. The molecule has 0 N–H and O–H groups in total. The van der Waals surface area contributed by atoms with Crippen molar-refractivity contribution in [1.82, 2.24) is 0 Å². The number of rotatable bonds is 15. The zero-order valence-corrected chi connectivity index (χ0v) is 18.3. The Morgan fingerprint density at radius 1 is 0.700 bits per heavy atom. The molecule has 0 heterocycles. The molecular formula is C22H33F5O3. The van der Waals surface area contributed by atoms with Crippen LogP contribution in [0.4, 0.5) is 22.0 Å². The van der Waals surface area contributed by atoms with Gasteiger partial charge in [0.25, 0.3) is 0 Å². The molecule has 0 aliphatic heterocycles. The molecule has 1 atom stereocenters. The van der Waals surface area contributed by atoms with Crippen molar-refractivity contribution in [3.8, 4) is 5.75 Å². The number of hydrogen-bond acceptors (Lipinski definition) is 3. The van der Waals surface area contributed by atoms with Crippen molar-refractivity contribution < 1.29 is 36.2 Å². The predicted molar refractivity (Wildman–Crippen MR) is 105 cm³/mol. The number of ether oxygens (including phenoxy) is 3. The van der Waals surface area contributed by atoms with E-state index in [9.17, 15) is 22.0 Å². The maximum Gasteiger partial charge on any atom is 0.206 e. The number of benzene rings is 1. The third-order valence-corrected chi connectivity index (χ3v) is 5.57. The first-order valence-corrected chi connectivity index (χ1v) is 10.5. The molecule has 0 fully saturated rings. The second kappa shape index (κ2) is 13.1. The quantitative estimate of drug-likeness (QED) is 0.0974. The Balaban J connectivity index is 2.65. The molecule has 0 aromatic heterocycles. The third-order valence-electron chi connectivity index (χ3n) is 5.57. The van der Waals surface area contributed by atoms with Gasteiger partial charge in [-0.25, -0.2) is 13.2 Å². The molecular weight excluding hydrogens is 407 g/mol. The fraction of sp³-hybridized carbons (Fsp3) is 0.727. The summed E-state index contributed by atoms with van der Waals surface area (Å²) in [5.41, 5.74) is 0. The fourth-order valence-corrected chi connectivity index (χ4v) is 3.47. The van der Waals surface area contributed by atoms with Crippen LogP contribution in [-0.2, 0) is 9.47 Å². The molecule has 30 heavy (non-hydrogen) atoms. The van der Waals surface area contributed by atoms with Crippen molar-refractivity contribution in [1.29, 1.82) is 0 Å². The zero-order chi connectivity index (χ0) is 22.7. The minimum atomic E-state index is -2.20. The van der Waals surface area contributed by atoms with Gasteiger partial charge >= 0.3 is 0 Å². The molecule has 1 aromatic rings. The molecule has 0 bridgehead atoms. The van der Waals surface area contributed by atoms with E-state index in [0.717, 1.165) is 25.7 Å². The molecule has 0 amide bonds. The van der Waals surface area contributed by atoms with Crippen LogP contribution in [0.2, 0.25) is 0 Å². The first-order chi connectivity index (χ1) is 14.2. The molecule has 0 aliphatic rings. The van der Waals surface area contributed by atoms with E-state index < -0.39 is 40.6 Å². The topological polar surface area (TPSA) is 27.7 Å². The van der Waals surface area contributed by atoms with Gasteiger partial charge in [0.15, 0.2) is 11.5 Å². The summed E-state index contributed by atoms with van der Waals surface area (Å²) in [7, 11) is 3.09. The smallest absolute Gasteiger partial charge is 0.206 e. The Kier molecular flexibility index (Phi) is 11.6. The van der Waals surface area contributed by atoms with Crippen LogP contribution in [0, 0.1) is 35.0 Å². The number of methoxy groups -OCH3 is 2. The predicted octanol–water partition coefficient (Wildman–Crippen LogP) is 6.92. The van der Waals surface area contributed by atoms with Gasteiger partial charge < -0.3 is 14.2 Å². The minimum absolute atomic E-state index is 0.0151. The van der Waals surface area contributed by atoms with Crippen molar-refractivity contribution in [2.24, 2.45) is 5.92 Å². The van der Waals surface area contributed by atoms with E-state index in [0.29, 0.717) is 12.8 Å². The van der Waals surface area contributed by atoms with E-state index in [4.69, 9.17) is 14.2 Å². The molecule has 0 saturated heterocycles. The summed E-state index contributed by atoms with van der Waals surface area (Å²) in [6, 6.07) is 0. The Morgan fingerprint density at radius 3 is 1.70 bits per heavy atom. The molecule has 174 valence electrons. The van der Waals surface area contributed by atoms with E-state index in [-0.39, 0.29) is 12.5 Å². The van der Waals surface area contributed by atoms with Gasteiger partial charge in [-0.3, -0.25) is 0 Å². The SMILES string of the molecule is CCCCCCCCC(CCCOc1c(F)c(F)c(F)c(F)c1F)C(C)(OC)OC. The summed E-state index contributed by atoms with van der Waals surface area (Å²) in [6.45, 7) is 3.78. The molecule has 1 rings (SSSR count).